The molecule has 0 saturated heterocycles. The van der Waals surface area contributed by atoms with Gasteiger partial charge in [-0.05, 0) is 64.0 Å². The molecule has 0 aliphatic carbocycles. The maximum absolute atomic E-state index is 14.8. The zero-order valence-corrected chi connectivity index (χ0v) is 35.0. The Morgan fingerprint density at radius 1 is 0.906 bits per heavy atom. The van der Waals surface area contributed by atoms with Gasteiger partial charge in [0.05, 0.1) is 13.2 Å². The van der Waals surface area contributed by atoms with Crippen molar-refractivity contribution in [1.29, 1.82) is 0 Å². The largest absolute Gasteiger partial charge is 0.469 e. The highest BCUT2D eigenvalue weighted by atomic mass is 16.6. The van der Waals surface area contributed by atoms with E-state index in [-0.39, 0.29) is 36.2 Å². The van der Waals surface area contributed by atoms with Gasteiger partial charge in [0.25, 0.3) is 0 Å². The summed E-state index contributed by atoms with van der Waals surface area (Å²) in [5.41, 5.74) is -0.243. The summed E-state index contributed by atoms with van der Waals surface area (Å²) in [7, 11) is 6.49. The minimum Gasteiger partial charge on any atom is -0.469 e. The molecule has 53 heavy (non-hydrogen) atoms. The van der Waals surface area contributed by atoms with Crippen LogP contribution in [0.3, 0.4) is 0 Å². The lowest BCUT2D eigenvalue weighted by atomic mass is 9.76. The minimum atomic E-state index is -1.08. The molecule has 0 spiro atoms. The summed E-state index contributed by atoms with van der Waals surface area (Å²) < 4.78 is 12.4. The highest BCUT2D eigenvalue weighted by Crippen LogP contribution is 2.37. The van der Waals surface area contributed by atoms with E-state index in [1.807, 2.05) is 97.5 Å². The molecule has 0 aliphatic rings. The molecule has 1 aromatic heterocycles. The van der Waals surface area contributed by atoms with Gasteiger partial charge >= 0.3 is 12.1 Å². The van der Waals surface area contributed by atoms with E-state index in [9.17, 15) is 24.0 Å². The molecule has 12 heteroatoms. The van der Waals surface area contributed by atoms with Crippen LogP contribution in [0.5, 0.6) is 0 Å². The summed E-state index contributed by atoms with van der Waals surface area (Å²) in [5, 5.41) is 6.93. The van der Waals surface area contributed by atoms with Crippen molar-refractivity contribution < 1.29 is 33.4 Å². The molecule has 0 unspecified atom stereocenters. The molecule has 2 aromatic rings. The van der Waals surface area contributed by atoms with Gasteiger partial charge in [0.1, 0.15) is 17.7 Å². The van der Waals surface area contributed by atoms with Gasteiger partial charge < -0.3 is 29.6 Å². The van der Waals surface area contributed by atoms with E-state index in [2.05, 4.69) is 10.6 Å². The van der Waals surface area contributed by atoms with E-state index < -0.39 is 46.6 Å². The van der Waals surface area contributed by atoms with Gasteiger partial charge in [0.15, 0.2) is 0 Å². The number of nitrogens with zero attached hydrogens (tertiary/aromatic N) is 3. The topological polar surface area (TPSA) is 139 Å². The quantitative estimate of drug-likeness (QED) is 0.176. The molecular weight excluding hydrogens is 674 g/mol. The monoisotopic (exact) mass is 739 g/mol. The van der Waals surface area contributed by atoms with Crippen LogP contribution in [-0.4, -0.2) is 95.1 Å². The Hall–Kier alpha value is -4.35. The van der Waals surface area contributed by atoms with Gasteiger partial charge in [-0.15, -0.1) is 0 Å². The lowest BCUT2D eigenvalue weighted by Crippen LogP contribution is -2.63. The van der Waals surface area contributed by atoms with Crippen LogP contribution in [0.2, 0.25) is 0 Å². The normalized spacial score (nSPS) is 14.9. The fourth-order valence-corrected chi connectivity index (χ4v) is 6.58. The number of hydrogen-bond acceptors (Lipinski definition) is 7. The number of likely N-dealkylation sites (N-methyl/N-ethyl adjacent to an activating group) is 2. The van der Waals surface area contributed by atoms with E-state index in [1.165, 1.54) is 12.0 Å². The Morgan fingerprint density at radius 3 is 2.02 bits per heavy atom. The average molecular weight is 740 g/mol. The van der Waals surface area contributed by atoms with E-state index in [4.69, 9.17) is 9.47 Å². The summed E-state index contributed by atoms with van der Waals surface area (Å²) in [6.45, 7) is 22.2. The number of hydrogen-bond donors (Lipinski definition) is 2. The molecule has 4 amide bonds. The standard InChI is InChI=1S/C41H65N5O7/c1-25(2)31(23-26(3)35(48)42-27(4)21-22-32(47)52-16)45(14)37(50)33(39(5,6)7)43-36(49)34(46(15)38(51)53-40(8,9)10)41(11,12)29-24-44(13)30-20-18-17-19-28(29)30/h17-20,23-25,27,31,33-34H,21-22H2,1-16H3,(H,42,48)(H,43,49)/b26-23+/t27-,31-,33-,34-/m1/s1. The van der Waals surface area contributed by atoms with Crippen LogP contribution in [0.15, 0.2) is 42.1 Å². The molecule has 0 fully saturated rings. The van der Waals surface area contributed by atoms with Crippen LogP contribution < -0.4 is 10.6 Å². The SMILES string of the molecule is COC(=O)CC[C@@H](C)NC(=O)/C(C)=C/[C@H](C(C)C)N(C)C(=O)[C@@H](NC(=O)[C@@H](N(C)C(=O)OC(C)(C)C)C(C)(C)c1cn(C)c2ccccc12)C(C)(C)C. The van der Waals surface area contributed by atoms with Crippen molar-refractivity contribution in [2.24, 2.45) is 18.4 Å². The zero-order valence-electron chi connectivity index (χ0n) is 35.0. The smallest absolute Gasteiger partial charge is 0.410 e. The van der Waals surface area contributed by atoms with E-state index in [0.717, 1.165) is 16.5 Å². The van der Waals surface area contributed by atoms with Gasteiger partial charge in [-0.25, -0.2) is 4.79 Å². The Labute approximate surface area is 317 Å². The van der Waals surface area contributed by atoms with E-state index in [0.29, 0.717) is 12.0 Å². The fourth-order valence-electron chi connectivity index (χ4n) is 6.58. The molecule has 12 nitrogen and oxygen atoms in total. The van der Waals surface area contributed by atoms with Gasteiger partial charge in [-0.3, -0.25) is 24.1 Å². The number of ether oxygens (including phenoxy) is 2. The molecule has 1 heterocycles. The van der Waals surface area contributed by atoms with Crippen molar-refractivity contribution in [3.05, 3.63) is 47.7 Å². The van der Waals surface area contributed by atoms with Crippen molar-refractivity contribution in [3.8, 4) is 0 Å². The Morgan fingerprint density at radius 2 is 1.49 bits per heavy atom. The molecule has 2 N–H and O–H groups in total. The van der Waals surface area contributed by atoms with Crippen LogP contribution in [0.25, 0.3) is 10.9 Å². The van der Waals surface area contributed by atoms with Crippen LogP contribution in [0.4, 0.5) is 4.79 Å². The molecule has 0 aliphatic heterocycles. The van der Waals surface area contributed by atoms with Crippen molar-refractivity contribution in [1.82, 2.24) is 25.0 Å². The molecule has 2 rings (SSSR count). The number of methoxy groups -OCH3 is 1. The minimum absolute atomic E-state index is 0.0869. The summed E-state index contributed by atoms with van der Waals surface area (Å²) >= 11 is 0. The highest BCUT2D eigenvalue weighted by Gasteiger charge is 2.46. The Balaban J connectivity index is 2.54. The number of aryl methyl sites for hydroxylation is 1. The number of nitrogens with one attached hydrogen (secondary N) is 2. The molecule has 0 bridgehead atoms. The van der Waals surface area contributed by atoms with Crippen molar-refractivity contribution in [2.75, 3.05) is 21.2 Å². The number of fused-ring (bicyclic) bond motifs is 1. The number of carbonyl (C=O) groups is 5. The second kappa shape index (κ2) is 17.6. The Bertz CT molecular complexity index is 1660. The third kappa shape index (κ3) is 11.6. The number of rotatable bonds is 14. The molecule has 0 saturated carbocycles. The molecule has 0 radical (unpaired) electrons. The lowest BCUT2D eigenvalue weighted by molar-refractivity contribution is -0.142. The second-order valence-electron chi connectivity index (χ2n) is 17.2. The van der Waals surface area contributed by atoms with Crippen LogP contribution >= 0.6 is 0 Å². The predicted octanol–water partition coefficient (Wildman–Crippen LogP) is 6.11. The summed E-state index contributed by atoms with van der Waals surface area (Å²) in [6, 6.07) is 5.04. The number of carbonyl (C=O) groups excluding carboxylic acids is 5. The first-order chi connectivity index (χ1) is 24.2. The van der Waals surface area contributed by atoms with Crippen LogP contribution in [0, 0.1) is 11.3 Å². The molecule has 4 atom stereocenters. The van der Waals surface area contributed by atoms with Crippen molar-refractivity contribution in [3.63, 3.8) is 0 Å². The summed E-state index contributed by atoms with van der Waals surface area (Å²) in [4.78, 5) is 70.5. The van der Waals surface area contributed by atoms with Gasteiger partial charge in [0.2, 0.25) is 17.7 Å². The lowest BCUT2D eigenvalue weighted by Gasteiger charge is -2.42. The van der Waals surface area contributed by atoms with Gasteiger partial charge in [0, 0.05) is 61.7 Å². The molecule has 296 valence electrons. The van der Waals surface area contributed by atoms with Crippen LogP contribution in [0.1, 0.15) is 101 Å². The van der Waals surface area contributed by atoms with Crippen LogP contribution in [-0.2, 0) is 41.1 Å². The van der Waals surface area contributed by atoms with Gasteiger partial charge in [-0.2, -0.15) is 0 Å². The first kappa shape index (κ1) is 44.8. The van der Waals surface area contributed by atoms with Crippen molar-refractivity contribution in [2.45, 2.75) is 131 Å². The van der Waals surface area contributed by atoms with E-state index in [1.54, 1.807) is 52.8 Å². The third-order valence-electron chi connectivity index (χ3n) is 9.63. The number of esters is 1. The zero-order chi connectivity index (χ0) is 40.8. The summed E-state index contributed by atoms with van der Waals surface area (Å²) in [5.74, 6) is -1.60. The number of para-hydroxylation sites is 1. The van der Waals surface area contributed by atoms with Gasteiger partial charge in [-0.1, -0.05) is 72.7 Å². The first-order valence-electron chi connectivity index (χ1n) is 18.4. The third-order valence-corrected chi connectivity index (χ3v) is 9.63. The molecule has 1 aromatic carbocycles. The average Bonchev–Trinajstić information content (AvgIpc) is 3.39. The van der Waals surface area contributed by atoms with E-state index >= 15 is 0 Å². The van der Waals surface area contributed by atoms with Crippen molar-refractivity contribution >= 4 is 40.7 Å². The number of benzene rings is 1. The summed E-state index contributed by atoms with van der Waals surface area (Å²) in [6.07, 6.45) is 3.67. The Kier molecular flexibility index (Phi) is 14.9. The fraction of sp³-hybridized carbons (Fsp3) is 0.634. The maximum atomic E-state index is 14.8. The number of aromatic nitrogens is 1. The highest BCUT2D eigenvalue weighted by molar-refractivity contribution is 5.95. The second-order valence-corrected chi connectivity index (χ2v) is 17.2. The predicted molar refractivity (Wildman–Crippen MR) is 209 cm³/mol. The number of amides is 4. The first-order valence-corrected chi connectivity index (χ1v) is 18.4. The molecular formula is C41H65N5O7. The maximum Gasteiger partial charge on any atom is 0.410 e.